The second-order valence-corrected chi connectivity index (χ2v) is 4.10. The maximum atomic E-state index is 9.69. The molecular formula is C14H16O. The fourth-order valence-corrected chi connectivity index (χ4v) is 2.04. The van der Waals surface area contributed by atoms with E-state index in [1.165, 1.54) is 11.1 Å². The van der Waals surface area contributed by atoms with Gasteiger partial charge in [0, 0.05) is 5.92 Å². The molecule has 0 spiro atoms. The molecule has 0 amide bonds. The molecule has 78 valence electrons. The molecule has 2 rings (SSSR count). The van der Waals surface area contributed by atoms with E-state index in [4.69, 9.17) is 0 Å². The summed E-state index contributed by atoms with van der Waals surface area (Å²) >= 11 is 0. The summed E-state index contributed by atoms with van der Waals surface area (Å²) in [5.74, 6) is 0.329. The summed E-state index contributed by atoms with van der Waals surface area (Å²) in [5, 5.41) is 9.69. The highest BCUT2D eigenvalue weighted by Crippen LogP contribution is 2.31. The zero-order chi connectivity index (χ0) is 10.8. The molecule has 0 saturated heterocycles. The van der Waals surface area contributed by atoms with Gasteiger partial charge in [-0.1, -0.05) is 48.1 Å². The van der Waals surface area contributed by atoms with Gasteiger partial charge in [0.15, 0.2) is 0 Å². The van der Waals surface area contributed by atoms with Crippen molar-refractivity contribution in [1.82, 2.24) is 0 Å². The number of benzene rings is 1. The van der Waals surface area contributed by atoms with Crippen molar-refractivity contribution in [1.29, 1.82) is 0 Å². The monoisotopic (exact) mass is 200 g/mol. The Hall–Kier alpha value is -1.34. The maximum Gasteiger partial charge on any atom is 0.0764 e. The van der Waals surface area contributed by atoms with E-state index in [0.29, 0.717) is 5.92 Å². The van der Waals surface area contributed by atoms with Crippen molar-refractivity contribution in [2.45, 2.75) is 25.9 Å². The van der Waals surface area contributed by atoms with Crippen molar-refractivity contribution in [3.05, 3.63) is 59.2 Å². The molecule has 1 nitrogen and oxygen atoms in total. The molecule has 1 aromatic carbocycles. The fraction of sp³-hybridized carbons (Fsp3) is 0.286. The average Bonchev–Trinajstić information content (AvgIpc) is 2.65. The molecule has 0 bridgehead atoms. The number of aliphatic hydroxyl groups excluding tert-OH is 1. The highest BCUT2D eigenvalue weighted by molar-refractivity contribution is 5.43. The smallest absolute Gasteiger partial charge is 0.0764 e. The molecule has 0 radical (unpaired) electrons. The van der Waals surface area contributed by atoms with Crippen LogP contribution < -0.4 is 0 Å². The summed E-state index contributed by atoms with van der Waals surface area (Å²) in [5.41, 5.74) is 3.53. The molecule has 1 N–H and O–H groups in total. The molecule has 0 aromatic heterocycles. The normalized spacial score (nSPS) is 21.5. The van der Waals surface area contributed by atoms with Crippen LogP contribution in [0, 0.1) is 0 Å². The van der Waals surface area contributed by atoms with Gasteiger partial charge in [0.25, 0.3) is 0 Å². The number of rotatable bonds is 2. The summed E-state index contributed by atoms with van der Waals surface area (Å²) in [6.07, 6.45) is 6.13. The lowest BCUT2D eigenvalue weighted by atomic mass is 9.93. The van der Waals surface area contributed by atoms with Crippen LogP contribution in [0.5, 0.6) is 0 Å². The number of hydrogen-bond donors (Lipinski definition) is 1. The molecule has 0 heterocycles. The predicted molar refractivity (Wildman–Crippen MR) is 62.7 cm³/mol. The Morgan fingerprint density at radius 1 is 1.27 bits per heavy atom. The van der Waals surface area contributed by atoms with Gasteiger partial charge in [-0.15, -0.1) is 0 Å². The third-order valence-corrected chi connectivity index (χ3v) is 2.81. The summed E-state index contributed by atoms with van der Waals surface area (Å²) < 4.78 is 0. The van der Waals surface area contributed by atoms with Crippen molar-refractivity contribution in [2.75, 3.05) is 0 Å². The summed E-state index contributed by atoms with van der Waals surface area (Å²) in [7, 11) is 0. The molecule has 2 atom stereocenters. The van der Waals surface area contributed by atoms with Gasteiger partial charge in [-0.3, -0.25) is 0 Å². The van der Waals surface area contributed by atoms with Crippen molar-refractivity contribution in [3.63, 3.8) is 0 Å². The first-order chi connectivity index (χ1) is 7.18. The highest BCUT2D eigenvalue weighted by atomic mass is 16.3. The van der Waals surface area contributed by atoms with Gasteiger partial charge in [-0.2, -0.15) is 0 Å². The van der Waals surface area contributed by atoms with Crippen molar-refractivity contribution < 1.29 is 5.11 Å². The van der Waals surface area contributed by atoms with E-state index >= 15 is 0 Å². The first-order valence-electron chi connectivity index (χ1n) is 5.32. The van der Waals surface area contributed by atoms with Crippen LogP contribution in [0.3, 0.4) is 0 Å². The summed E-state index contributed by atoms with van der Waals surface area (Å²) in [6, 6.07) is 8.08. The Bertz CT molecular complexity index is 413. The summed E-state index contributed by atoms with van der Waals surface area (Å²) in [4.78, 5) is 0. The van der Waals surface area contributed by atoms with Gasteiger partial charge in [0.05, 0.1) is 6.10 Å². The van der Waals surface area contributed by atoms with E-state index in [-0.39, 0.29) is 0 Å². The molecule has 0 fully saturated rings. The molecular weight excluding hydrogens is 184 g/mol. The van der Waals surface area contributed by atoms with Gasteiger partial charge in [-0.05, 0) is 25.0 Å². The molecule has 1 aliphatic carbocycles. The van der Waals surface area contributed by atoms with Gasteiger partial charge < -0.3 is 5.11 Å². The standard InChI is InChI=1S/C14H16O/c1-10-7-8-12(9-10)14-6-4-3-5-13(14)11(2)15/h3-9,11-12,15H,1-2H3. The topological polar surface area (TPSA) is 20.2 Å². The minimum atomic E-state index is -0.399. The third kappa shape index (κ3) is 2.02. The first-order valence-corrected chi connectivity index (χ1v) is 5.32. The van der Waals surface area contributed by atoms with Gasteiger partial charge in [0.1, 0.15) is 0 Å². The van der Waals surface area contributed by atoms with Crippen LogP contribution in [0.25, 0.3) is 0 Å². The first kappa shape index (κ1) is 10.2. The lowest BCUT2D eigenvalue weighted by Crippen LogP contribution is -2.00. The predicted octanol–water partition coefficient (Wildman–Crippen LogP) is 3.34. The Balaban J connectivity index is 2.40. The van der Waals surface area contributed by atoms with Crippen LogP contribution in [0.2, 0.25) is 0 Å². The molecule has 0 aliphatic heterocycles. The highest BCUT2D eigenvalue weighted by Gasteiger charge is 2.15. The minimum Gasteiger partial charge on any atom is -0.389 e. The lowest BCUT2D eigenvalue weighted by Gasteiger charge is -2.14. The van der Waals surface area contributed by atoms with Gasteiger partial charge >= 0.3 is 0 Å². The molecule has 1 aliphatic rings. The van der Waals surface area contributed by atoms with Crippen LogP contribution in [0.15, 0.2) is 48.1 Å². The second kappa shape index (κ2) is 4.03. The van der Waals surface area contributed by atoms with Crippen LogP contribution in [-0.4, -0.2) is 5.11 Å². The van der Waals surface area contributed by atoms with Gasteiger partial charge in [0.2, 0.25) is 0 Å². The van der Waals surface area contributed by atoms with E-state index in [2.05, 4.69) is 31.2 Å². The van der Waals surface area contributed by atoms with Crippen LogP contribution in [0.4, 0.5) is 0 Å². The minimum absolute atomic E-state index is 0.329. The van der Waals surface area contributed by atoms with E-state index in [0.717, 1.165) is 5.56 Å². The van der Waals surface area contributed by atoms with Crippen molar-refractivity contribution in [3.8, 4) is 0 Å². The Morgan fingerprint density at radius 2 is 2.00 bits per heavy atom. The fourth-order valence-electron chi connectivity index (χ4n) is 2.04. The van der Waals surface area contributed by atoms with E-state index in [1.54, 1.807) is 0 Å². The Morgan fingerprint density at radius 3 is 2.60 bits per heavy atom. The van der Waals surface area contributed by atoms with E-state index in [1.807, 2.05) is 25.1 Å². The zero-order valence-electron chi connectivity index (χ0n) is 9.14. The molecule has 0 saturated carbocycles. The van der Waals surface area contributed by atoms with Crippen molar-refractivity contribution in [2.24, 2.45) is 0 Å². The lowest BCUT2D eigenvalue weighted by molar-refractivity contribution is 0.198. The van der Waals surface area contributed by atoms with Crippen LogP contribution in [-0.2, 0) is 0 Å². The molecule has 1 aromatic rings. The van der Waals surface area contributed by atoms with E-state index < -0.39 is 6.10 Å². The molecule has 1 heteroatoms. The number of aliphatic hydroxyl groups is 1. The Labute approximate surface area is 90.8 Å². The number of hydrogen-bond acceptors (Lipinski definition) is 1. The quantitative estimate of drug-likeness (QED) is 0.776. The van der Waals surface area contributed by atoms with E-state index in [9.17, 15) is 5.11 Å². The number of allylic oxidation sites excluding steroid dienone is 4. The average molecular weight is 200 g/mol. The van der Waals surface area contributed by atoms with Gasteiger partial charge in [-0.25, -0.2) is 0 Å². The molecule has 15 heavy (non-hydrogen) atoms. The van der Waals surface area contributed by atoms with Crippen molar-refractivity contribution >= 4 is 0 Å². The van der Waals surface area contributed by atoms with Crippen LogP contribution >= 0.6 is 0 Å². The summed E-state index contributed by atoms with van der Waals surface area (Å²) in [6.45, 7) is 3.91. The third-order valence-electron chi connectivity index (χ3n) is 2.81. The molecule has 2 unspecified atom stereocenters. The SMILES string of the molecule is CC1=CC(c2ccccc2C(C)O)C=C1. The zero-order valence-corrected chi connectivity index (χ0v) is 9.14. The second-order valence-electron chi connectivity index (χ2n) is 4.10. The van der Waals surface area contributed by atoms with Crippen LogP contribution in [0.1, 0.15) is 37.0 Å². The Kier molecular flexibility index (Phi) is 2.74. The largest absolute Gasteiger partial charge is 0.389 e. The maximum absolute atomic E-state index is 9.69.